The Morgan fingerprint density at radius 3 is 2.89 bits per heavy atom. The lowest BCUT2D eigenvalue weighted by atomic mass is 9.88. The van der Waals surface area contributed by atoms with E-state index in [0.29, 0.717) is 34.7 Å². The van der Waals surface area contributed by atoms with Gasteiger partial charge in [0, 0.05) is 35.9 Å². The summed E-state index contributed by atoms with van der Waals surface area (Å²) in [5.74, 6) is -0.0773. The van der Waals surface area contributed by atoms with E-state index in [-0.39, 0.29) is 11.8 Å². The van der Waals surface area contributed by atoms with E-state index in [1.807, 2.05) is 29.2 Å². The van der Waals surface area contributed by atoms with Crippen LogP contribution in [0.15, 0.2) is 47.2 Å². The van der Waals surface area contributed by atoms with Crippen LogP contribution in [0.5, 0.6) is 0 Å². The van der Waals surface area contributed by atoms with Crippen LogP contribution in [0.4, 0.5) is 0 Å². The summed E-state index contributed by atoms with van der Waals surface area (Å²) in [5, 5.41) is 12.0. The van der Waals surface area contributed by atoms with Crippen LogP contribution >= 0.6 is 27.5 Å². The Balaban J connectivity index is 1.55. The third-order valence-corrected chi connectivity index (χ3v) is 6.00. The Labute approximate surface area is 170 Å². The molecule has 0 aliphatic carbocycles. The minimum absolute atomic E-state index is 0.00248. The van der Waals surface area contributed by atoms with Crippen LogP contribution in [0.3, 0.4) is 0 Å². The Morgan fingerprint density at radius 2 is 2.11 bits per heavy atom. The van der Waals surface area contributed by atoms with Crippen molar-refractivity contribution in [2.75, 3.05) is 13.1 Å². The fraction of sp³-hybridized carbons (Fsp3) is 0.300. The predicted octanol–water partition coefficient (Wildman–Crippen LogP) is 4.56. The van der Waals surface area contributed by atoms with Gasteiger partial charge in [-0.25, -0.2) is 4.98 Å². The predicted molar refractivity (Wildman–Crippen MR) is 109 cm³/mol. The summed E-state index contributed by atoms with van der Waals surface area (Å²) in [7, 11) is 0. The van der Waals surface area contributed by atoms with E-state index in [0.717, 1.165) is 22.9 Å². The molecule has 1 fully saturated rings. The lowest BCUT2D eigenvalue weighted by molar-refractivity contribution is 0.0402. The lowest BCUT2D eigenvalue weighted by Crippen LogP contribution is -2.41. The number of aromatic amines is 1. The molecule has 4 rings (SSSR count). The number of pyridine rings is 1. The number of H-pyrrole nitrogens is 1. The van der Waals surface area contributed by atoms with Gasteiger partial charge in [0.25, 0.3) is 5.91 Å². The van der Waals surface area contributed by atoms with Crippen molar-refractivity contribution in [3.63, 3.8) is 0 Å². The van der Waals surface area contributed by atoms with Gasteiger partial charge >= 0.3 is 0 Å². The van der Waals surface area contributed by atoms with Gasteiger partial charge in [-0.2, -0.15) is 0 Å². The molecule has 0 bridgehead atoms. The number of piperidine rings is 1. The second-order valence-corrected chi connectivity index (χ2v) is 8.19. The first-order chi connectivity index (χ1) is 13.0. The number of hydrogen-bond donors (Lipinski definition) is 2. The molecule has 2 unspecified atom stereocenters. The van der Waals surface area contributed by atoms with Crippen molar-refractivity contribution in [3.05, 3.63) is 63.3 Å². The number of rotatable bonds is 3. The van der Waals surface area contributed by atoms with Crippen molar-refractivity contribution >= 4 is 44.5 Å². The molecule has 140 valence electrons. The summed E-state index contributed by atoms with van der Waals surface area (Å²) in [6.07, 6.45) is 4.43. The number of fused-ring (bicyclic) bond motifs is 1. The molecule has 1 amide bonds. The number of nitrogens with zero attached hydrogens (tertiary/aromatic N) is 2. The van der Waals surface area contributed by atoms with Gasteiger partial charge in [-0.15, -0.1) is 0 Å². The number of benzene rings is 1. The van der Waals surface area contributed by atoms with Gasteiger partial charge in [0.15, 0.2) is 0 Å². The normalized spacial score (nSPS) is 18.6. The molecule has 3 aromatic rings. The van der Waals surface area contributed by atoms with E-state index in [2.05, 4.69) is 25.9 Å². The van der Waals surface area contributed by atoms with Crippen molar-refractivity contribution in [2.45, 2.75) is 18.9 Å². The van der Waals surface area contributed by atoms with Crippen LogP contribution in [0.1, 0.15) is 34.9 Å². The first-order valence-electron chi connectivity index (χ1n) is 8.89. The molecular weight excluding hydrogens is 430 g/mol. The molecule has 2 atom stereocenters. The highest BCUT2D eigenvalue weighted by Gasteiger charge is 2.31. The number of halogens is 2. The molecule has 2 aromatic heterocycles. The number of aliphatic hydroxyl groups is 1. The number of aliphatic hydroxyl groups excluding tert-OH is 1. The minimum Gasteiger partial charge on any atom is -0.388 e. The molecule has 2 N–H and O–H groups in total. The first kappa shape index (κ1) is 18.5. The monoisotopic (exact) mass is 447 g/mol. The average Bonchev–Trinajstić information content (AvgIpc) is 3.13. The maximum Gasteiger partial charge on any atom is 0.256 e. The molecule has 7 heteroatoms. The third-order valence-electron chi connectivity index (χ3n) is 5.16. The summed E-state index contributed by atoms with van der Waals surface area (Å²) in [5.41, 5.74) is 2.01. The molecule has 3 heterocycles. The van der Waals surface area contributed by atoms with Gasteiger partial charge < -0.3 is 15.0 Å². The van der Waals surface area contributed by atoms with Crippen molar-refractivity contribution < 1.29 is 9.90 Å². The Hall–Kier alpha value is -1.89. The standard InChI is InChI=1S/C20H19BrClN3O2/c21-14-5-3-12(4-6-14)18(26)13-2-1-9-25(11-13)20(27)15-10-24-19-17(15)16(22)7-8-23-19/h3-8,10,13,18,26H,1-2,9,11H2,(H,23,24). The zero-order valence-corrected chi connectivity index (χ0v) is 16.9. The summed E-state index contributed by atoms with van der Waals surface area (Å²) in [4.78, 5) is 22.2. The number of carbonyl (C=O) groups is 1. The summed E-state index contributed by atoms with van der Waals surface area (Å²) >= 11 is 9.70. The van der Waals surface area contributed by atoms with E-state index in [1.54, 1.807) is 18.5 Å². The minimum atomic E-state index is -0.595. The zero-order chi connectivity index (χ0) is 19.0. The van der Waals surface area contributed by atoms with E-state index < -0.39 is 6.10 Å². The third kappa shape index (κ3) is 3.61. The van der Waals surface area contributed by atoms with Crippen molar-refractivity contribution in [1.82, 2.24) is 14.9 Å². The molecule has 0 spiro atoms. The topological polar surface area (TPSA) is 69.2 Å². The molecule has 0 radical (unpaired) electrons. The average molecular weight is 449 g/mol. The second-order valence-electron chi connectivity index (χ2n) is 6.87. The van der Waals surface area contributed by atoms with Crippen LogP contribution < -0.4 is 0 Å². The molecule has 5 nitrogen and oxygen atoms in total. The fourth-order valence-electron chi connectivity index (χ4n) is 3.74. The summed E-state index contributed by atoms with van der Waals surface area (Å²) in [6.45, 7) is 1.19. The van der Waals surface area contributed by atoms with Gasteiger partial charge in [0.05, 0.1) is 22.1 Å². The molecule has 0 saturated carbocycles. The van der Waals surface area contributed by atoms with Gasteiger partial charge in [-0.1, -0.05) is 39.7 Å². The largest absolute Gasteiger partial charge is 0.388 e. The van der Waals surface area contributed by atoms with Crippen LogP contribution in [0.25, 0.3) is 11.0 Å². The highest BCUT2D eigenvalue weighted by atomic mass is 79.9. The Bertz CT molecular complexity index is 973. The van der Waals surface area contributed by atoms with Crippen LogP contribution in [-0.4, -0.2) is 39.0 Å². The molecule has 1 aliphatic rings. The second kappa shape index (κ2) is 7.62. The summed E-state index contributed by atoms with van der Waals surface area (Å²) in [6, 6.07) is 9.36. The van der Waals surface area contributed by atoms with E-state index in [1.165, 1.54) is 0 Å². The molecular formula is C20H19BrClN3O2. The maximum absolute atomic E-state index is 13.1. The Morgan fingerprint density at radius 1 is 1.33 bits per heavy atom. The first-order valence-corrected chi connectivity index (χ1v) is 10.1. The number of nitrogens with one attached hydrogen (secondary N) is 1. The van der Waals surface area contributed by atoms with Crippen LogP contribution in [0, 0.1) is 5.92 Å². The van der Waals surface area contributed by atoms with Crippen LogP contribution in [0.2, 0.25) is 5.02 Å². The molecule has 27 heavy (non-hydrogen) atoms. The van der Waals surface area contributed by atoms with Crippen LogP contribution in [-0.2, 0) is 0 Å². The van der Waals surface area contributed by atoms with E-state index in [4.69, 9.17) is 11.6 Å². The highest BCUT2D eigenvalue weighted by Crippen LogP contribution is 2.32. The number of carbonyl (C=O) groups excluding carboxylic acids is 1. The van der Waals surface area contributed by atoms with Gasteiger partial charge in [-0.05, 0) is 36.6 Å². The maximum atomic E-state index is 13.1. The lowest BCUT2D eigenvalue weighted by Gasteiger charge is -2.35. The number of aromatic nitrogens is 2. The molecule has 1 aliphatic heterocycles. The quantitative estimate of drug-likeness (QED) is 0.617. The molecule has 1 saturated heterocycles. The van der Waals surface area contributed by atoms with Gasteiger partial charge in [-0.3, -0.25) is 4.79 Å². The van der Waals surface area contributed by atoms with Crippen molar-refractivity contribution in [2.24, 2.45) is 5.92 Å². The SMILES string of the molecule is O=C(c1c[nH]c2nccc(Cl)c12)N1CCCC(C(O)c2ccc(Br)cc2)C1. The highest BCUT2D eigenvalue weighted by molar-refractivity contribution is 9.10. The zero-order valence-electron chi connectivity index (χ0n) is 14.5. The molecule has 1 aromatic carbocycles. The van der Waals surface area contributed by atoms with Gasteiger partial charge in [0.1, 0.15) is 5.65 Å². The van der Waals surface area contributed by atoms with Crippen molar-refractivity contribution in [3.8, 4) is 0 Å². The number of likely N-dealkylation sites (tertiary alicyclic amines) is 1. The number of hydrogen-bond acceptors (Lipinski definition) is 3. The van der Waals surface area contributed by atoms with Crippen molar-refractivity contribution in [1.29, 1.82) is 0 Å². The van der Waals surface area contributed by atoms with Gasteiger partial charge in [0.2, 0.25) is 0 Å². The number of amides is 1. The van der Waals surface area contributed by atoms with E-state index >= 15 is 0 Å². The van der Waals surface area contributed by atoms with E-state index in [9.17, 15) is 9.90 Å². The fourth-order valence-corrected chi connectivity index (χ4v) is 4.25. The Kier molecular flexibility index (Phi) is 5.21. The summed E-state index contributed by atoms with van der Waals surface area (Å²) < 4.78 is 0.976. The smallest absolute Gasteiger partial charge is 0.256 e.